The molecule has 0 saturated heterocycles. The van der Waals surface area contributed by atoms with Crippen LogP contribution < -0.4 is 16.0 Å². The fraction of sp³-hybridized carbons (Fsp3) is 0.478. The lowest BCUT2D eigenvalue weighted by Gasteiger charge is -2.37. The second-order valence-electron chi connectivity index (χ2n) is 7.13. The Labute approximate surface area is 170 Å². The summed E-state index contributed by atoms with van der Waals surface area (Å²) < 4.78 is 0. The number of aliphatic imine (C=N–C) groups is 1. The summed E-state index contributed by atoms with van der Waals surface area (Å²) in [7, 11) is 0. The number of nitrogens with one attached hydrogen (secondary N) is 3. The van der Waals surface area contributed by atoms with E-state index in [1.165, 1.54) is 5.56 Å². The molecule has 2 aromatic rings. The lowest BCUT2D eigenvalue weighted by atomic mass is 9.90. The number of nitrogens with zero attached hydrogens (tertiary/aromatic N) is 2. The molecule has 0 amide bonds. The lowest BCUT2D eigenvalue weighted by Crippen LogP contribution is -2.55. The van der Waals surface area contributed by atoms with Gasteiger partial charge in [-0.1, -0.05) is 50.2 Å². The van der Waals surface area contributed by atoms with Crippen molar-refractivity contribution in [3.63, 3.8) is 0 Å². The second kappa shape index (κ2) is 11.4. The number of rotatable bonds is 10. The van der Waals surface area contributed by atoms with E-state index in [2.05, 4.69) is 79.0 Å². The molecule has 5 heteroatoms. The summed E-state index contributed by atoms with van der Waals surface area (Å²) in [6.07, 6.45) is 3.87. The Morgan fingerprint density at radius 3 is 2.32 bits per heavy atom. The van der Waals surface area contributed by atoms with Crippen molar-refractivity contribution in [1.29, 1.82) is 0 Å². The van der Waals surface area contributed by atoms with E-state index in [0.717, 1.165) is 37.6 Å². The van der Waals surface area contributed by atoms with E-state index in [4.69, 9.17) is 4.99 Å². The molecule has 1 atom stereocenters. The average Bonchev–Trinajstić information content (AvgIpc) is 2.76. The van der Waals surface area contributed by atoms with Gasteiger partial charge in [0, 0.05) is 30.9 Å². The first-order chi connectivity index (χ1) is 13.6. The van der Waals surface area contributed by atoms with Gasteiger partial charge in [0.15, 0.2) is 5.96 Å². The maximum absolute atomic E-state index is 4.70. The zero-order chi connectivity index (χ0) is 20.2. The van der Waals surface area contributed by atoms with Crippen molar-refractivity contribution in [1.82, 2.24) is 20.9 Å². The van der Waals surface area contributed by atoms with E-state index in [-0.39, 0.29) is 11.6 Å². The maximum Gasteiger partial charge on any atom is 0.191 e. The van der Waals surface area contributed by atoms with Crippen molar-refractivity contribution in [2.75, 3.05) is 13.1 Å². The molecule has 5 nitrogen and oxygen atoms in total. The largest absolute Gasteiger partial charge is 0.357 e. The van der Waals surface area contributed by atoms with Crippen LogP contribution in [0.15, 0.2) is 59.7 Å². The number of aromatic nitrogens is 1. The molecule has 152 valence electrons. The van der Waals surface area contributed by atoms with Crippen LogP contribution in [-0.2, 0) is 6.54 Å². The Kier molecular flexibility index (Phi) is 8.95. The lowest BCUT2D eigenvalue weighted by molar-refractivity contribution is 0.271. The van der Waals surface area contributed by atoms with Crippen molar-refractivity contribution >= 4 is 5.96 Å². The fourth-order valence-corrected chi connectivity index (χ4v) is 3.29. The number of guanidine groups is 1. The maximum atomic E-state index is 4.70. The van der Waals surface area contributed by atoms with Gasteiger partial charge in [-0.2, -0.15) is 0 Å². The third kappa shape index (κ3) is 6.64. The predicted octanol–water partition coefficient (Wildman–Crippen LogP) is 4.05. The van der Waals surface area contributed by atoms with E-state index in [0.29, 0.717) is 6.54 Å². The Hall–Kier alpha value is -2.40. The van der Waals surface area contributed by atoms with Gasteiger partial charge in [-0.05, 0) is 44.4 Å². The Balaban J connectivity index is 2.03. The summed E-state index contributed by atoms with van der Waals surface area (Å²) in [6, 6.07) is 16.8. The second-order valence-corrected chi connectivity index (χ2v) is 7.13. The molecule has 1 heterocycles. The Bertz CT molecular complexity index is 695. The SMILES string of the molecule is CCNC(=NCc1ccccn1)NCC(CC)(CC)NC(C)c1ccccc1. The molecule has 0 aliphatic heterocycles. The molecule has 0 spiro atoms. The van der Waals surface area contributed by atoms with Crippen molar-refractivity contribution in [3.8, 4) is 0 Å². The molecule has 0 aliphatic carbocycles. The van der Waals surface area contributed by atoms with E-state index >= 15 is 0 Å². The first-order valence-electron chi connectivity index (χ1n) is 10.4. The van der Waals surface area contributed by atoms with Crippen LogP contribution in [0.25, 0.3) is 0 Å². The molecule has 1 unspecified atom stereocenters. The molecular weight excluding hydrogens is 346 g/mol. The summed E-state index contributed by atoms with van der Waals surface area (Å²) >= 11 is 0. The van der Waals surface area contributed by atoms with E-state index in [1.54, 1.807) is 6.20 Å². The quantitative estimate of drug-likeness (QED) is 0.429. The van der Waals surface area contributed by atoms with Crippen LogP contribution in [0, 0.1) is 0 Å². The Morgan fingerprint density at radius 1 is 1.00 bits per heavy atom. The van der Waals surface area contributed by atoms with Crippen LogP contribution in [0.5, 0.6) is 0 Å². The van der Waals surface area contributed by atoms with Crippen LogP contribution in [0.2, 0.25) is 0 Å². The normalized spacial score (nSPS) is 13.2. The van der Waals surface area contributed by atoms with Crippen LogP contribution in [0.1, 0.15) is 57.8 Å². The monoisotopic (exact) mass is 381 g/mol. The highest BCUT2D eigenvalue weighted by atomic mass is 15.2. The topological polar surface area (TPSA) is 61.3 Å². The van der Waals surface area contributed by atoms with Crippen molar-refractivity contribution in [2.45, 2.75) is 58.7 Å². The van der Waals surface area contributed by atoms with E-state index in [9.17, 15) is 0 Å². The highest BCUT2D eigenvalue weighted by molar-refractivity contribution is 5.79. The van der Waals surface area contributed by atoms with Gasteiger partial charge in [0.2, 0.25) is 0 Å². The number of pyridine rings is 1. The molecule has 0 fully saturated rings. The van der Waals surface area contributed by atoms with Crippen LogP contribution >= 0.6 is 0 Å². The summed E-state index contributed by atoms with van der Waals surface area (Å²) in [6.45, 7) is 11.0. The first kappa shape index (κ1) is 21.9. The molecular formula is C23H35N5. The van der Waals surface area contributed by atoms with Gasteiger partial charge >= 0.3 is 0 Å². The van der Waals surface area contributed by atoms with Crippen molar-refractivity contribution in [2.24, 2.45) is 4.99 Å². The fourth-order valence-electron chi connectivity index (χ4n) is 3.29. The molecule has 28 heavy (non-hydrogen) atoms. The van der Waals surface area contributed by atoms with Crippen LogP contribution in [0.3, 0.4) is 0 Å². The van der Waals surface area contributed by atoms with Crippen molar-refractivity contribution in [3.05, 3.63) is 66.0 Å². The standard InChI is InChI=1S/C23H35N5/c1-5-23(6-2,28-19(4)20-13-9-8-10-14-20)18-27-22(24-7-3)26-17-21-15-11-12-16-25-21/h8-16,19,28H,5-7,17-18H2,1-4H3,(H2,24,26,27). The highest BCUT2D eigenvalue weighted by Crippen LogP contribution is 2.21. The van der Waals surface area contributed by atoms with Gasteiger partial charge in [-0.15, -0.1) is 0 Å². The average molecular weight is 382 g/mol. The smallest absolute Gasteiger partial charge is 0.191 e. The molecule has 3 N–H and O–H groups in total. The highest BCUT2D eigenvalue weighted by Gasteiger charge is 2.28. The van der Waals surface area contributed by atoms with Gasteiger partial charge in [-0.25, -0.2) is 4.99 Å². The summed E-state index contributed by atoms with van der Waals surface area (Å²) in [5.41, 5.74) is 2.27. The van der Waals surface area contributed by atoms with Gasteiger partial charge in [-0.3, -0.25) is 4.98 Å². The van der Waals surface area contributed by atoms with E-state index in [1.807, 2.05) is 18.2 Å². The van der Waals surface area contributed by atoms with Gasteiger partial charge in [0.1, 0.15) is 0 Å². The molecule has 0 aliphatic rings. The van der Waals surface area contributed by atoms with E-state index < -0.39 is 0 Å². The zero-order valence-electron chi connectivity index (χ0n) is 17.7. The first-order valence-corrected chi connectivity index (χ1v) is 10.4. The minimum atomic E-state index is -0.00353. The summed E-state index contributed by atoms with van der Waals surface area (Å²) in [5, 5.41) is 10.7. The third-order valence-electron chi connectivity index (χ3n) is 5.24. The van der Waals surface area contributed by atoms with Crippen LogP contribution in [0.4, 0.5) is 0 Å². The number of hydrogen-bond acceptors (Lipinski definition) is 3. The molecule has 0 saturated carbocycles. The number of benzene rings is 1. The molecule has 1 aromatic carbocycles. The zero-order valence-corrected chi connectivity index (χ0v) is 17.7. The minimum Gasteiger partial charge on any atom is -0.357 e. The van der Waals surface area contributed by atoms with Gasteiger partial charge in [0.25, 0.3) is 0 Å². The molecule has 0 bridgehead atoms. The molecule has 1 aromatic heterocycles. The summed E-state index contributed by atoms with van der Waals surface area (Å²) in [5.74, 6) is 0.827. The van der Waals surface area contributed by atoms with Gasteiger partial charge in [0.05, 0.1) is 12.2 Å². The van der Waals surface area contributed by atoms with Gasteiger partial charge < -0.3 is 16.0 Å². The minimum absolute atomic E-state index is 0.00353. The van der Waals surface area contributed by atoms with Crippen LogP contribution in [-0.4, -0.2) is 29.6 Å². The third-order valence-corrected chi connectivity index (χ3v) is 5.24. The predicted molar refractivity (Wildman–Crippen MR) is 118 cm³/mol. The van der Waals surface area contributed by atoms with Crippen molar-refractivity contribution < 1.29 is 0 Å². The number of hydrogen-bond donors (Lipinski definition) is 3. The Morgan fingerprint density at radius 2 is 1.71 bits per heavy atom. The molecule has 0 radical (unpaired) electrons. The molecule has 2 rings (SSSR count). The summed E-state index contributed by atoms with van der Waals surface area (Å²) in [4.78, 5) is 9.05.